The number of nitrogens with one attached hydrogen (secondary N) is 1. The zero-order valence-corrected chi connectivity index (χ0v) is 20.2. The fraction of sp³-hybridized carbons (Fsp3) is 0.222. The molecule has 1 amide bonds. The SMILES string of the molecule is CCn1c(SC(C)C(=O)Nc2ccc3c(c2)c2ccccc2n3CC)nc2ccccc2c1=O. The lowest BCUT2D eigenvalue weighted by atomic mass is 10.1. The van der Waals surface area contributed by atoms with E-state index in [0.717, 1.165) is 23.1 Å². The number of anilines is 1. The van der Waals surface area contributed by atoms with Crippen molar-refractivity contribution in [3.8, 4) is 0 Å². The van der Waals surface area contributed by atoms with Gasteiger partial charge in [0.15, 0.2) is 5.16 Å². The molecule has 0 spiro atoms. The number of aromatic nitrogens is 3. The molecule has 0 aliphatic carbocycles. The summed E-state index contributed by atoms with van der Waals surface area (Å²) in [6.45, 7) is 7.25. The molecule has 0 aliphatic rings. The highest BCUT2D eigenvalue weighted by molar-refractivity contribution is 8.00. The Hall–Kier alpha value is -3.58. The van der Waals surface area contributed by atoms with Crippen molar-refractivity contribution in [1.29, 1.82) is 0 Å². The lowest BCUT2D eigenvalue weighted by Gasteiger charge is -2.15. The maximum Gasteiger partial charge on any atom is 0.262 e. The number of aryl methyl sites for hydroxylation is 1. The molecule has 7 heteroatoms. The summed E-state index contributed by atoms with van der Waals surface area (Å²) >= 11 is 1.30. The number of nitrogens with zero attached hydrogens (tertiary/aromatic N) is 3. The van der Waals surface area contributed by atoms with Gasteiger partial charge < -0.3 is 9.88 Å². The minimum atomic E-state index is -0.432. The van der Waals surface area contributed by atoms with E-state index in [1.165, 1.54) is 22.7 Å². The predicted octanol–water partition coefficient (Wildman–Crippen LogP) is 5.66. The van der Waals surface area contributed by atoms with Gasteiger partial charge in [0.2, 0.25) is 5.91 Å². The number of amides is 1. The van der Waals surface area contributed by atoms with Crippen LogP contribution in [-0.2, 0) is 17.9 Å². The van der Waals surface area contributed by atoms with E-state index in [2.05, 4.69) is 40.0 Å². The first kappa shape index (κ1) is 22.2. The predicted molar refractivity (Wildman–Crippen MR) is 141 cm³/mol. The first-order chi connectivity index (χ1) is 16.5. The van der Waals surface area contributed by atoms with Gasteiger partial charge in [-0.1, -0.05) is 42.1 Å². The molecule has 1 atom stereocenters. The van der Waals surface area contributed by atoms with Gasteiger partial charge >= 0.3 is 0 Å². The van der Waals surface area contributed by atoms with Crippen molar-refractivity contribution < 1.29 is 4.79 Å². The van der Waals surface area contributed by atoms with Gasteiger partial charge in [-0.25, -0.2) is 4.98 Å². The van der Waals surface area contributed by atoms with Crippen LogP contribution in [0.3, 0.4) is 0 Å². The molecule has 0 radical (unpaired) electrons. The molecular weight excluding hydrogens is 444 g/mol. The van der Waals surface area contributed by atoms with E-state index < -0.39 is 5.25 Å². The van der Waals surface area contributed by atoms with Gasteiger partial charge in [-0.05, 0) is 57.2 Å². The van der Waals surface area contributed by atoms with E-state index in [4.69, 9.17) is 0 Å². The average Bonchev–Trinajstić information content (AvgIpc) is 3.17. The van der Waals surface area contributed by atoms with Gasteiger partial charge in [0.25, 0.3) is 5.56 Å². The number of para-hydroxylation sites is 2. The third-order valence-corrected chi connectivity index (χ3v) is 7.24. The first-order valence-corrected chi connectivity index (χ1v) is 12.4. The molecule has 0 saturated heterocycles. The largest absolute Gasteiger partial charge is 0.341 e. The molecule has 2 aromatic heterocycles. The molecule has 6 nitrogen and oxygen atoms in total. The van der Waals surface area contributed by atoms with Crippen molar-refractivity contribution >= 4 is 56.1 Å². The van der Waals surface area contributed by atoms with Crippen molar-refractivity contribution in [1.82, 2.24) is 14.1 Å². The molecule has 1 N–H and O–H groups in total. The minimum Gasteiger partial charge on any atom is -0.341 e. The fourth-order valence-corrected chi connectivity index (χ4v) is 5.42. The Morgan fingerprint density at radius 3 is 2.35 bits per heavy atom. The third kappa shape index (κ3) is 3.76. The topological polar surface area (TPSA) is 68.9 Å². The Morgan fingerprint density at radius 2 is 1.59 bits per heavy atom. The van der Waals surface area contributed by atoms with E-state index in [1.807, 2.05) is 56.3 Å². The quantitative estimate of drug-likeness (QED) is 0.257. The highest BCUT2D eigenvalue weighted by atomic mass is 32.2. The fourth-order valence-electron chi connectivity index (χ4n) is 4.44. The molecule has 34 heavy (non-hydrogen) atoms. The van der Waals surface area contributed by atoms with Crippen LogP contribution in [0.4, 0.5) is 5.69 Å². The van der Waals surface area contributed by atoms with Crippen LogP contribution in [0.15, 0.2) is 76.7 Å². The Kier molecular flexibility index (Phi) is 5.87. The Morgan fingerprint density at radius 1 is 0.912 bits per heavy atom. The number of benzene rings is 3. The van der Waals surface area contributed by atoms with E-state index >= 15 is 0 Å². The van der Waals surface area contributed by atoms with Crippen LogP contribution in [0.1, 0.15) is 20.8 Å². The zero-order chi connectivity index (χ0) is 23.8. The summed E-state index contributed by atoms with van der Waals surface area (Å²) in [6, 6.07) is 21.7. The smallest absolute Gasteiger partial charge is 0.262 e. The van der Waals surface area contributed by atoms with E-state index in [0.29, 0.717) is 22.6 Å². The van der Waals surface area contributed by atoms with E-state index in [9.17, 15) is 9.59 Å². The van der Waals surface area contributed by atoms with E-state index in [-0.39, 0.29) is 11.5 Å². The van der Waals surface area contributed by atoms with Crippen LogP contribution in [0.5, 0.6) is 0 Å². The van der Waals surface area contributed by atoms with Gasteiger partial charge in [0.05, 0.1) is 16.2 Å². The van der Waals surface area contributed by atoms with Gasteiger partial charge in [-0.15, -0.1) is 0 Å². The van der Waals surface area contributed by atoms with Crippen molar-refractivity contribution in [2.75, 3.05) is 5.32 Å². The number of rotatable bonds is 6. The first-order valence-electron chi connectivity index (χ1n) is 11.5. The molecule has 5 aromatic rings. The Labute approximate surface area is 201 Å². The second-order valence-corrected chi connectivity index (χ2v) is 9.51. The second kappa shape index (κ2) is 8.99. The van der Waals surface area contributed by atoms with Crippen molar-refractivity contribution in [3.05, 3.63) is 77.1 Å². The number of fused-ring (bicyclic) bond motifs is 4. The molecule has 0 bridgehead atoms. The maximum atomic E-state index is 13.1. The standard InChI is InChI=1S/C27H26N4O2S/c1-4-30-23-13-9-7-10-19(23)21-16-18(14-15-24(21)30)28-25(32)17(3)34-27-29-22-12-8-6-11-20(22)26(33)31(27)5-2/h6-17H,4-5H2,1-3H3,(H,28,32). The lowest BCUT2D eigenvalue weighted by Crippen LogP contribution is -2.26. The van der Waals surface area contributed by atoms with Crippen LogP contribution < -0.4 is 10.9 Å². The molecule has 3 aromatic carbocycles. The van der Waals surface area contributed by atoms with Crippen LogP contribution in [0.25, 0.3) is 32.7 Å². The summed E-state index contributed by atoms with van der Waals surface area (Å²) < 4.78 is 3.91. The molecule has 0 saturated carbocycles. The summed E-state index contributed by atoms with van der Waals surface area (Å²) in [5.74, 6) is -0.131. The van der Waals surface area contributed by atoms with Crippen LogP contribution in [-0.4, -0.2) is 25.3 Å². The lowest BCUT2D eigenvalue weighted by molar-refractivity contribution is -0.115. The normalized spacial score (nSPS) is 12.4. The Balaban J connectivity index is 1.43. The molecule has 0 fully saturated rings. The van der Waals surface area contributed by atoms with Crippen molar-refractivity contribution in [2.45, 2.75) is 44.3 Å². The van der Waals surface area contributed by atoms with E-state index in [1.54, 1.807) is 10.6 Å². The highest BCUT2D eigenvalue weighted by Crippen LogP contribution is 2.31. The van der Waals surface area contributed by atoms with Gasteiger partial charge in [0.1, 0.15) is 0 Å². The monoisotopic (exact) mass is 470 g/mol. The van der Waals surface area contributed by atoms with Gasteiger partial charge in [-0.3, -0.25) is 14.2 Å². The summed E-state index contributed by atoms with van der Waals surface area (Å²) in [5, 5.41) is 6.05. The minimum absolute atomic E-state index is 0.0824. The number of carbonyl (C=O) groups is 1. The van der Waals surface area contributed by atoms with Gasteiger partial charge in [0, 0.05) is 40.6 Å². The number of carbonyl (C=O) groups excluding carboxylic acids is 1. The molecule has 5 rings (SSSR count). The van der Waals surface area contributed by atoms with Gasteiger partial charge in [-0.2, -0.15) is 0 Å². The summed E-state index contributed by atoms with van der Waals surface area (Å²) in [4.78, 5) is 30.6. The molecule has 0 aliphatic heterocycles. The summed E-state index contributed by atoms with van der Waals surface area (Å²) in [5.41, 5.74) is 3.65. The molecular formula is C27H26N4O2S. The van der Waals surface area contributed by atoms with Crippen molar-refractivity contribution in [3.63, 3.8) is 0 Å². The molecule has 2 heterocycles. The number of thioether (sulfide) groups is 1. The van der Waals surface area contributed by atoms with Crippen LogP contribution >= 0.6 is 11.8 Å². The summed E-state index contributed by atoms with van der Waals surface area (Å²) in [7, 11) is 0. The molecule has 172 valence electrons. The third-order valence-electron chi connectivity index (χ3n) is 6.15. The summed E-state index contributed by atoms with van der Waals surface area (Å²) in [6.07, 6.45) is 0. The number of hydrogen-bond donors (Lipinski definition) is 1. The Bertz CT molecular complexity index is 1600. The molecule has 1 unspecified atom stereocenters. The average molecular weight is 471 g/mol. The zero-order valence-electron chi connectivity index (χ0n) is 19.4. The van der Waals surface area contributed by atoms with Crippen LogP contribution in [0, 0.1) is 0 Å². The number of hydrogen-bond acceptors (Lipinski definition) is 4. The van der Waals surface area contributed by atoms with Crippen LogP contribution in [0.2, 0.25) is 0 Å². The van der Waals surface area contributed by atoms with Crippen molar-refractivity contribution in [2.24, 2.45) is 0 Å². The second-order valence-electron chi connectivity index (χ2n) is 8.20. The maximum absolute atomic E-state index is 13.1. The highest BCUT2D eigenvalue weighted by Gasteiger charge is 2.20.